The molecule has 0 amide bonds. The van der Waals surface area contributed by atoms with Gasteiger partial charge in [-0.1, -0.05) is 287 Å². The van der Waals surface area contributed by atoms with Crippen molar-refractivity contribution >= 4 is 39.5 Å². The Morgan fingerprint density at radius 1 is 0.284 bits per heavy atom. The molecule has 0 aliphatic rings. The Morgan fingerprint density at radius 2 is 0.477 bits per heavy atom. The monoisotopic (exact) mass is 1300 g/mol. The van der Waals surface area contributed by atoms with Crippen molar-refractivity contribution in [3.8, 4) is 0 Å². The number of ether oxygens (including phenoxy) is 4. The van der Waals surface area contributed by atoms with Gasteiger partial charge in [-0.15, -0.1) is 0 Å². The van der Waals surface area contributed by atoms with E-state index in [-0.39, 0.29) is 25.7 Å². The lowest BCUT2D eigenvalue weighted by molar-refractivity contribution is -0.161. The largest absolute Gasteiger partial charge is 0.472 e. The number of carbonyl (C=O) groups is 4. The molecule has 0 saturated heterocycles. The molecule has 522 valence electrons. The molecule has 0 aromatic carbocycles. The van der Waals surface area contributed by atoms with Crippen molar-refractivity contribution < 1.29 is 80.2 Å². The molecule has 19 heteroatoms. The average molecular weight is 1300 g/mol. The third kappa shape index (κ3) is 62.8. The van der Waals surface area contributed by atoms with E-state index in [1.54, 1.807) is 0 Å². The second-order valence-electron chi connectivity index (χ2n) is 26.8. The Labute approximate surface area is 537 Å². The highest BCUT2D eigenvalue weighted by Crippen LogP contribution is 2.45. The third-order valence-corrected chi connectivity index (χ3v) is 17.7. The maximum absolute atomic E-state index is 13.0. The molecule has 5 atom stereocenters. The van der Waals surface area contributed by atoms with Crippen LogP contribution in [-0.2, 0) is 65.4 Å². The van der Waals surface area contributed by atoms with Gasteiger partial charge in [0.05, 0.1) is 26.4 Å². The molecule has 0 radical (unpaired) electrons. The molecule has 0 saturated carbocycles. The van der Waals surface area contributed by atoms with Gasteiger partial charge in [0.15, 0.2) is 12.2 Å². The van der Waals surface area contributed by atoms with E-state index in [0.717, 1.165) is 114 Å². The second-order valence-corrected chi connectivity index (χ2v) is 29.7. The number of hydrogen-bond acceptors (Lipinski definition) is 15. The van der Waals surface area contributed by atoms with Gasteiger partial charge in [-0.2, -0.15) is 0 Å². The fourth-order valence-electron chi connectivity index (χ4n) is 10.3. The molecule has 0 aromatic rings. The molecule has 0 fully saturated rings. The lowest BCUT2D eigenvalue weighted by atomic mass is 10.0. The summed E-state index contributed by atoms with van der Waals surface area (Å²) < 4.78 is 68.2. The summed E-state index contributed by atoms with van der Waals surface area (Å²) in [5.41, 5.74) is 0. The van der Waals surface area contributed by atoms with E-state index >= 15 is 0 Å². The number of esters is 4. The standard InChI is InChI=1S/C69H134O17P2/c1-59(2)45-37-29-21-15-11-9-10-12-17-24-33-41-49-66(71)79-55-64(85-68(73)51-43-35-25-18-14-13-16-22-30-38-46-60(3)4)57-83-87(75,76)81-53-63(70)54-82-88(77,78)84-58-65(56-80-67(72)50-42-34-28-27-32-40-48-62(7)8)86-69(74)52-44-36-26-20-19-23-31-39-47-61(5)6/h59-65,70H,9-58H2,1-8H3,(H,75,76)(H,77,78)/t63-,64-,65-/m1/s1. The number of carbonyl (C=O) groups excluding carboxylic acids is 4. The van der Waals surface area contributed by atoms with Gasteiger partial charge in [0.2, 0.25) is 0 Å². The van der Waals surface area contributed by atoms with Gasteiger partial charge in [-0.25, -0.2) is 9.13 Å². The molecule has 0 aromatic heterocycles. The van der Waals surface area contributed by atoms with E-state index in [0.29, 0.717) is 31.6 Å². The lowest BCUT2D eigenvalue weighted by Gasteiger charge is -2.21. The summed E-state index contributed by atoms with van der Waals surface area (Å²) in [6.45, 7) is 14.0. The van der Waals surface area contributed by atoms with Gasteiger partial charge >= 0.3 is 39.5 Å². The fourth-order valence-corrected chi connectivity index (χ4v) is 11.9. The van der Waals surface area contributed by atoms with Crippen LogP contribution in [0.2, 0.25) is 0 Å². The predicted octanol–water partition coefficient (Wildman–Crippen LogP) is 19.3. The van der Waals surface area contributed by atoms with Crippen LogP contribution in [-0.4, -0.2) is 96.7 Å². The molecule has 0 aliphatic carbocycles. The van der Waals surface area contributed by atoms with Crippen LogP contribution in [0.15, 0.2) is 0 Å². The quantitative estimate of drug-likeness (QED) is 0.0222. The molecule has 0 heterocycles. The number of phosphoric ester groups is 2. The Kier molecular flexibility index (Phi) is 57.6. The van der Waals surface area contributed by atoms with E-state index in [4.69, 9.17) is 37.0 Å². The van der Waals surface area contributed by atoms with Crippen molar-refractivity contribution in [1.29, 1.82) is 0 Å². The molecule has 0 bridgehead atoms. The first-order valence-electron chi connectivity index (χ1n) is 35.7. The van der Waals surface area contributed by atoms with Crippen molar-refractivity contribution in [1.82, 2.24) is 0 Å². The zero-order valence-electron chi connectivity index (χ0n) is 57.3. The number of unbranched alkanes of at least 4 members (excludes halogenated alkanes) is 32. The summed E-state index contributed by atoms with van der Waals surface area (Å²) in [5, 5.41) is 10.6. The Balaban J connectivity index is 5.24. The molecule has 17 nitrogen and oxygen atoms in total. The first-order chi connectivity index (χ1) is 42.1. The van der Waals surface area contributed by atoms with Crippen LogP contribution < -0.4 is 0 Å². The van der Waals surface area contributed by atoms with Crippen LogP contribution in [0, 0.1) is 23.7 Å². The predicted molar refractivity (Wildman–Crippen MR) is 354 cm³/mol. The van der Waals surface area contributed by atoms with Crippen molar-refractivity contribution in [2.24, 2.45) is 23.7 Å². The van der Waals surface area contributed by atoms with Gasteiger partial charge in [0, 0.05) is 25.7 Å². The van der Waals surface area contributed by atoms with Gasteiger partial charge in [0.1, 0.15) is 19.3 Å². The minimum absolute atomic E-state index is 0.103. The van der Waals surface area contributed by atoms with Crippen LogP contribution in [0.25, 0.3) is 0 Å². The van der Waals surface area contributed by atoms with E-state index in [1.807, 2.05) is 0 Å². The van der Waals surface area contributed by atoms with E-state index in [2.05, 4.69) is 55.4 Å². The third-order valence-electron chi connectivity index (χ3n) is 15.8. The normalized spacial score (nSPS) is 14.3. The topological polar surface area (TPSA) is 237 Å². The van der Waals surface area contributed by atoms with Crippen molar-refractivity contribution in [3.05, 3.63) is 0 Å². The average Bonchev–Trinajstić information content (AvgIpc) is 3.66. The van der Waals surface area contributed by atoms with Crippen LogP contribution >= 0.6 is 15.6 Å². The molecule has 0 spiro atoms. The van der Waals surface area contributed by atoms with E-state index in [9.17, 15) is 43.2 Å². The lowest BCUT2D eigenvalue weighted by Crippen LogP contribution is -2.30. The van der Waals surface area contributed by atoms with Gasteiger partial charge in [-0.05, 0) is 49.4 Å². The Hall–Kier alpha value is -1.94. The van der Waals surface area contributed by atoms with Crippen molar-refractivity contribution in [3.63, 3.8) is 0 Å². The molecule has 88 heavy (non-hydrogen) atoms. The molecule has 0 aliphatic heterocycles. The fraction of sp³-hybridized carbons (Fsp3) is 0.942. The number of aliphatic hydroxyl groups excluding tert-OH is 1. The minimum Gasteiger partial charge on any atom is -0.462 e. The number of aliphatic hydroxyl groups is 1. The zero-order chi connectivity index (χ0) is 65.4. The summed E-state index contributed by atoms with van der Waals surface area (Å²) >= 11 is 0. The minimum atomic E-state index is -4.95. The summed E-state index contributed by atoms with van der Waals surface area (Å²) in [5.74, 6) is 0.798. The first kappa shape index (κ1) is 86.1. The van der Waals surface area contributed by atoms with Crippen molar-refractivity contribution in [2.75, 3.05) is 39.6 Å². The zero-order valence-corrected chi connectivity index (χ0v) is 59.1. The first-order valence-corrected chi connectivity index (χ1v) is 38.7. The highest BCUT2D eigenvalue weighted by Gasteiger charge is 2.30. The Morgan fingerprint density at radius 3 is 0.705 bits per heavy atom. The van der Waals surface area contributed by atoms with Crippen molar-refractivity contribution in [2.45, 2.75) is 356 Å². The number of hydrogen-bond donors (Lipinski definition) is 3. The van der Waals surface area contributed by atoms with Crippen LogP contribution in [0.4, 0.5) is 0 Å². The molecule has 0 rings (SSSR count). The second kappa shape index (κ2) is 58.8. The number of phosphoric acid groups is 2. The highest BCUT2D eigenvalue weighted by molar-refractivity contribution is 7.47. The maximum atomic E-state index is 13.0. The van der Waals surface area contributed by atoms with Crippen LogP contribution in [0.3, 0.4) is 0 Å². The van der Waals surface area contributed by atoms with E-state index < -0.39 is 97.5 Å². The van der Waals surface area contributed by atoms with E-state index in [1.165, 1.54) is 135 Å². The summed E-state index contributed by atoms with van der Waals surface area (Å²) in [6.07, 6.45) is 40.5. The van der Waals surface area contributed by atoms with Crippen LogP contribution in [0.1, 0.15) is 338 Å². The maximum Gasteiger partial charge on any atom is 0.472 e. The Bertz CT molecular complexity index is 1750. The molecule has 3 N–H and O–H groups in total. The SMILES string of the molecule is CC(C)CCCCCCCCCCCCCCC(=O)OC[C@H](COP(=O)(O)OC[C@@H](O)COP(=O)(O)OC[C@@H](COC(=O)CCCCCCCCC(C)C)OC(=O)CCCCCCCCCCC(C)C)OC(=O)CCCCCCCCCCCCC(C)C. The molecule has 2 unspecified atom stereocenters. The molecular formula is C69H134O17P2. The summed E-state index contributed by atoms with van der Waals surface area (Å²) in [6, 6.07) is 0. The summed E-state index contributed by atoms with van der Waals surface area (Å²) in [7, 11) is -9.90. The van der Waals surface area contributed by atoms with Gasteiger partial charge in [-0.3, -0.25) is 37.3 Å². The molecular weight excluding hydrogens is 1160 g/mol. The van der Waals surface area contributed by atoms with Gasteiger partial charge < -0.3 is 33.8 Å². The van der Waals surface area contributed by atoms with Gasteiger partial charge in [0.25, 0.3) is 0 Å². The number of rotatable bonds is 66. The highest BCUT2D eigenvalue weighted by atomic mass is 31.2. The summed E-state index contributed by atoms with van der Waals surface area (Å²) in [4.78, 5) is 72.4. The smallest absolute Gasteiger partial charge is 0.462 e. The van der Waals surface area contributed by atoms with Crippen LogP contribution in [0.5, 0.6) is 0 Å².